The maximum absolute atomic E-state index is 12.4. The van der Waals surface area contributed by atoms with E-state index in [1.165, 1.54) is 7.11 Å². The highest BCUT2D eigenvalue weighted by Crippen LogP contribution is 2.28. The summed E-state index contributed by atoms with van der Waals surface area (Å²) in [6.45, 7) is 0.531. The van der Waals surface area contributed by atoms with Gasteiger partial charge in [0.15, 0.2) is 6.10 Å². The van der Waals surface area contributed by atoms with E-state index >= 15 is 0 Å². The molecule has 0 spiro atoms. The van der Waals surface area contributed by atoms with Crippen molar-refractivity contribution in [1.29, 1.82) is 0 Å². The molecule has 0 fully saturated rings. The molecule has 118 valence electrons. The number of β-amino-alcohol motifs (C(OH)–C–C–N with tert-alkyl or cyclic N) is 1. The van der Waals surface area contributed by atoms with Crippen LogP contribution in [-0.2, 0) is 12.8 Å². The number of aliphatic hydroxyl groups is 1. The van der Waals surface area contributed by atoms with Crippen LogP contribution in [0.5, 0.6) is 5.75 Å². The minimum Gasteiger partial charge on any atom is -0.495 e. The van der Waals surface area contributed by atoms with Crippen molar-refractivity contribution in [2.24, 2.45) is 0 Å². The molecule has 0 saturated carbocycles. The van der Waals surface area contributed by atoms with Crippen LogP contribution in [0, 0.1) is 0 Å². The molecule has 0 radical (unpaired) electrons. The molecule has 2 rings (SSSR count). The summed E-state index contributed by atoms with van der Waals surface area (Å²) in [4.78, 5) is 1.63. The Balaban J connectivity index is 2.07. The number of nitrogens with two attached hydrogens (primary N) is 1. The molecule has 0 amide bonds. The van der Waals surface area contributed by atoms with Crippen molar-refractivity contribution < 1.29 is 23.0 Å². The fraction of sp³-hybridized carbons (Fsp3) is 0.571. The average molecular weight is 304 g/mol. The van der Waals surface area contributed by atoms with Crippen molar-refractivity contribution in [2.45, 2.75) is 25.1 Å². The van der Waals surface area contributed by atoms with Crippen LogP contribution in [0.4, 0.5) is 18.9 Å². The number of nitrogens with zero attached hydrogens (tertiary/aromatic N) is 1. The van der Waals surface area contributed by atoms with Crippen molar-refractivity contribution in [3.8, 4) is 5.75 Å². The number of aliphatic hydroxyl groups excluding tert-OH is 1. The van der Waals surface area contributed by atoms with E-state index in [9.17, 15) is 13.2 Å². The molecular weight excluding hydrogens is 285 g/mol. The summed E-state index contributed by atoms with van der Waals surface area (Å²) in [5, 5.41) is 9.17. The van der Waals surface area contributed by atoms with E-state index < -0.39 is 18.8 Å². The highest BCUT2D eigenvalue weighted by molar-refractivity contribution is 5.57. The predicted molar refractivity (Wildman–Crippen MR) is 73.3 cm³/mol. The summed E-state index contributed by atoms with van der Waals surface area (Å²) in [5.74, 6) is 0.581. The smallest absolute Gasteiger partial charge is 0.415 e. The minimum absolute atomic E-state index is 0.399. The monoisotopic (exact) mass is 304 g/mol. The Bertz CT molecular complexity index is 506. The maximum atomic E-state index is 12.4. The number of alkyl halides is 3. The molecule has 4 nitrogen and oxygen atoms in total. The van der Waals surface area contributed by atoms with Gasteiger partial charge >= 0.3 is 6.18 Å². The predicted octanol–water partition coefficient (Wildman–Crippen LogP) is 1.60. The third-order valence-corrected chi connectivity index (χ3v) is 3.76. The van der Waals surface area contributed by atoms with Crippen LogP contribution in [0.25, 0.3) is 0 Å². The van der Waals surface area contributed by atoms with Crippen LogP contribution in [0.15, 0.2) is 12.1 Å². The Kier molecular flexibility index (Phi) is 4.63. The average Bonchev–Trinajstić information content (AvgIpc) is 2.59. The summed E-state index contributed by atoms with van der Waals surface area (Å²) >= 11 is 0. The first-order valence-corrected chi connectivity index (χ1v) is 6.73. The zero-order chi connectivity index (χ0) is 15.6. The second-order valence-electron chi connectivity index (χ2n) is 5.22. The number of nitrogen functional groups attached to an aromatic ring is 1. The van der Waals surface area contributed by atoms with Crippen molar-refractivity contribution in [1.82, 2.24) is 4.90 Å². The van der Waals surface area contributed by atoms with E-state index in [1.807, 2.05) is 12.1 Å². The number of methoxy groups -OCH3 is 1. The van der Waals surface area contributed by atoms with Crippen LogP contribution in [0.3, 0.4) is 0 Å². The second-order valence-corrected chi connectivity index (χ2v) is 5.22. The van der Waals surface area contributed by atoms with E-state index in [2.05, 4.69) is 0 Å². The molecule has 7 heteroatoms. The first-order chi connectivity index (χ1) is 9.81. The first kappa shape index (κ1) is 15.9. The zero-order valence-corrected chi connectivity index (χ0v) is 11.8. The zero-order valence-electron chi connectivity index (χ0n) is 11.8. The Labute approximate surface area is 121 Å². The quantitative estimate of drug-likeness (QED) is 0.833. The number of hydrogen-bond donors (Lipinski definition) is 2. The van der Waals surface area contributed by atoms with Gasteiger partial charge in [0.1, 0.15) is 5.75 Å². The third-order valence-electron chi connectivity index (χ3n) is 3.76. The summed E-state index contributed by atoms with van der Waals surface area (Å²) < 4.78 is 42.4. The SMILES string of the molecule is COc1cc2c(cc1N)CCN(CC(O)C(F)(F)F)CC2. The topological polar surface area (TPSA) is 58.7 Å². The lowest BCUT2D eigenvalue weighted by Crippen LogP contribution is -2.41. The van der Waals surface area contributed by atoms with Crippen molar-refractivity contribution in [3.63, 3.8) is 0 Å². The van der Waals surface area contributed by atoms with Gasteiger partial charge in [-0.3, -0.25) is 4.90 Å². The summed E-state index contributed by atoms with van der Waals surface area (Å²) in [6.07, 6.45) is -5.67. The number of benzene rings is 1. The number of hydrogen-bond acceptors (Lipinski definition) is 4. The number of ether oxygens (including phenoxy) is 1. The van der Waals surface area contributed by atoms with E-state index in [-0.39, 0.29) is 0 Å². The summed E-state index contributed by atoms with van der Waals surface area (Å²) in [6, 6.07) is 3.66. The molecule has 1 aliphatic heterocycles. The summed E-state index contributed by atoms with van der Waals surface area (Å²) in [7, 11) is 1.53. The number of halogens is 3. The minimum atomic E-state index is -4.58. The van der Waals surface area contributed by atoms with Gasteiger partial charge in [-0.15, -0.1) is 0 Å². The van der Waals surface area contributed by atoms with Crippen LogP contribution in [0.1, 0.15) is 11.1 Å². The molecule has 0 aromatic heterocycles. The second kappa shape index (κ2) is 6.11. The van der Waals surface area contributed by atoms with E-state index in [4.69, 9.17) is 15.6 Å². The molecule has 1 aliphatic rings. The highest BCUT2D eigenvalue weighted by Gasteiger charge is 2.39. The molecule has 1 aromatic rings. The third kappa shape index (κ3) is 3.79. The Morgan fingerprint density at radius 2 is 1.86 bits per heavy atom. The van der Waals surface area contributed by atoms with Crippen molar-refractivity contribution in [2.75, 3.05) is 32.5 Å². The molecule has 3 N–H and O–H groups in total. The molecular formula is C14H19F3N2O2. The molecule has 0 saturated heterocycles. The van der Waals surface area contributed by atoms with Gasteiger partial charge in [0.25, 0.3) is 0 Å². The van der Waals surface area contributed by atoms with Gasteiger partial charge in [-0.1, -0.05) is 0 Å². The molecule has 0 bridgehead atoms. The van der Waals surface area contributed by atoms with Crippen molar-refractivity contribution >= 4 is 5.69 Å². The fourth-order valence-corrected chi connectivity index (χ4v) is 2.53. The van der Waals surface area contributed by atoms with Crippen LogP contribution in [-0.4, -0.2) is 49.0 Å². The normalized spacial score (nSPS) is 18.0. The molecule has 1 unspecified atom stereocenters. The Hall–Kier alpha value is -1.47. The van der Waals surface area contributed by atoms with Gasteiger partial charge in [-0.2, -0.15) is 13.2 Å². The van der Waals surface area contributed by atoms with Gasteiger partial charge in [-0.05, 0) is 36.1 Å². The lowest BCUT2D eigenvalue weighted by molar-refractivity contribution is -0.208. The number of rotatable bonds is 3. The summed E-state index contributed by atoms with van der Waals surface area (Å²) in [5.41, 5.74) is 8.44. The standard InChI is InChI=1S/C14H19F3N2O2/c1-21-12-7-10-3-5-19(8-13(20)14(15,16)17)4-2-9(10)6-11(12)18/h6-7,13,20H,2-5,8,18H2,1H3. The van der Waals surface area contributed by atoms with Crippen LogP contribution in [0.2, 0.25) is 0 Å². The van der Waals surface area contributed by atoms with E-state index in [1.54, 1.807) is 4.90 Å². The van der Waals surface area contributed by atoms with E-state index in [0.717, 1.165) is 11.1 Å². The molecule has 1 aromatic carbocycles. The number of anilines is 1. The highest BCUT2D eigenvalue weighted by atomic mass is 19.4. The largest absolute Gasteiger partial charge is 0.495 e. The Morgan fingerprint density at radius 3 is 2.38 bits per heavy atom. The first-order valence-electron chi connectivity index (χ1n) is 6.73. The molecule has 21 heavy (non-hydrogen) atoms. The maximum Gasteiger partial charge on any atom is 0.415 e. The van der Waals surface area contributed by atoms with Crippen LogP contribution >= 0.6 is 0 Å². The molecule has 1 atom stereocenters. The number of fused-ring (bicyclic) bond motifs is 1. The molecule has 1 heterocycles. The van der Waals surface area contributed by atoms with Gasteiger partial charge in [0.2, 0.25) is 0 Å². The lowest BCUT2D eigenvalue weighted by atomic mass is 10.0. The van der Waals surface area contributed by atoms with Crippen LogP contribution < -0.4 is 10.5 Å². The van der Waals surface area contributed by atoms with Gasteiger partial charge in [0.05, 0.1) is 12.8 Å². The molecule has 0 aliphatic carbocycles. The van der Waals surface area contributed by atoms with Gasteiger partial charge in [0, 0.05) is 19.6 Å². The van der Waals surface area contributed by atoms with Gasteiger partial charge < -0.3 is 15.6 Å². The fourth-order valence-electron chi connectivity index (χ4n) is 2.53. The van der Waals surface area contributed by atoms with E-state index in [0.29, 0.717) is 37.4 Å². The Morgan fingerprint density at radius 1 is 1.29 bits per heavy atom. The van der Waals surface area contributed by atoms with Crippen molar-refractivity contribution in [3.05, 3.63) is 23.3 Å². The van der Waals surface area contributed by atoms with Gasteiger partial charge in [-0.25, -0.2) is 0 Å². The lowest BCUT2D eigenvalue weighted by Gasteiger charge is -2.24.